The number of hydrogen-bond donors (Lipinski definition) is 1. The molecule has 1 aliphatic rings. The number of hydrogen-bond acceptors (Lipinski definition) is 4. The van der Waals surface area contributed by atoms with Crippen LogP contribution in [0.25, 0.3) is 11.0 Å². The highest BCUT2D eigenvalue weighted by Gasteiger charge is 2.25. The maximum absolute atomic E-state index is 13.1. The van der Waals surface area contributed by atoms with E-state index in [9.17, 15) is 4.79 Å². The molecule has 0 unspecified atom stereocenters. The summed E-state index contributed by atoms with van der Waals surface area (Å²) in [4.78, 5) is 22.8. The number of amides is 1. The molecule has 1 aromatic heterocycles. The summed E-state index contributed by atoms with van der Waals surface area (Å²) in [5.74, 6) is 0.0299. The second kappa shape index (κ2) is 8.31. The van der Waals surface area contributed by atoms with Crippen molar-refractivity contribution in [3.8, 4) is 0 Å². The summed E-state index contributed by atoms with van der Waals surface area (Å²) in [5.41, 5.74) is 3.65. The number of halogens is 1. The highest BCUT2D eigenvalue weighted by Crippen LogP contribution is 2.17. The first-order chi connectivity index (χ1) is 13.6. The Morgan fingerprint density at radius 3 is 2.75 bits per heavy atom. The van der Waals surface area contributed by atoms with Crippen molar-refractivity contribution in [2.45, 2.75) is 13.5 Å². The van der Waals surface area contributed by atoms with Crippen LogP contribution in [-0.2, 0) is 6.54 Å². The predicted molar refractivity (Wildman–Crippen MR) is 111 cm³/mol. The standard InChI is InChI=1S/C21H24ClN5O/c1-2-27(21(28)17-6-7-19-20(13-17)24-15-23-19)26-10-8-25(9-11-26)14-16-4-3-5-18(22)12-16/h3-7,12-13,15H,2,8-11,14H2,1H3,(H,23,24). The zero-order valence-electron chi connectivity index (χ0n) is 15.9. The molecule has 2 heterocycles. The number of carbonyl (C=O) groups excluding carboxylic acids is 1. The minimum Gasteiger partial charge on any atom is -0.345 e. The number of benzene rings is 2. The fourth-order valence-corrected chi connectivity index (χ4v) is 3.93. The molecule has 28 heavy (non-hydrogen) atoms. The quantitative estimate of drug-likeness (QED) is 0.716. The SMILES string of the molecule is CCN(C(=O)c1ccc2nc[nH]c2c1)N1CCN(Cc2cccc(Cl)c2)CC1. The van der Waals surface area contributed by atoms with Crippen molar-refractivity contribution in [2.24, 2.45) is 0 Å². The number of H-pyrrole nitrogens is 1. The Bertz CT molecular complexity index is 964. The van der Waals surface area contributed by atoms with E-state index in [1.54, 1.807) is 6.33 Å². The van der Waals surface area contributed by atoms with E-state index in [2.05, 4.69) is 25.9 Å². The van der Waals surface area contributed by atoms with Gasteiger partial charge in [0.2, 0.25) is 0 Å². The normalized spacial score (nSPS) is 15.8. The molecule has 1 aliphatic heterocycles. The van der Waals surface area contributed by atoms with E-state index in [1.807, 2.05) is 48.3 Å². The van der Waals surface area contributed by atoms with Crippen LogP contribution in [0.4, 0.5) is 0 Å². The topological polar surface area (TPSA) is 55.5 Å². The molecule has 1 fully saturated rings. The number of aromatic amines is 1. The van der Waals surface area contributed by atoms with Gasteiger partial charge in [-0.15, -0.1) is 0 Å². The van der Waals surface area contributed by atoms with Crippen molar-refractivity contribution in [1.82, 2.24) is 24.9 Å². The first-order valence-electron chi connectivity index (χ1n) is 9.60. The number of imidazole rings is 1. The molecule has 1 N–H and O–H groups in total. The lowest BCUT2D eigenvalue weighted by Gasteiger charge is -2.40. The Morgan fingerprint density at radius 2 is 2.00 bits per heavy atom. The first-order valence-corrected chi connectivity index (χ1v) is 9.98. The number of nitrogens with zero attached hydrogens (tertiary/aromatic N) is 4. The number of aromatic nitrogens is 2. The van der Waals surface area contributed by atoms with Crippen molar-refractivity contribution >= 4 is 28.5 Å². The summed E-state index contributed by atoms with van der Waals surface area (Å²) >= 11 is 6.09. The summed E-state index contributed by atoms with van der Waals surface area (Å²) in [5, 5.41) is 4.79. The molecule has 6 nitrogen and oxygen atoms in total. The van der Waals surface area contributed by atoms with Crippen LogP contribution in [-0.4, -0.2) is 63.5 Å². The summed E-state index contributed by atoms with van der Waals surface area (Å²) in [6.07, 6.45) is 1.65. The summed E-state index contributed by atoms with van der Waals surface area (Å²) in [6.45, 7) is 7.02. The van der Waals surface area contributed by atoms with Gasteiger partial charge >= 0.3 is 0 Å². The molecule has 0 aliphatic carbocycles. The van der Waals surface area contributed by atoms with E-state index in [-0.39, 0.29) is 5.91 Å². The molecule has 7 heteroatoms. The molecule has 146 valence electrons. The average molecular weight is 398 g/mol. The molecule has 0 atom stereocenters. The molecule has 0 radical (unpaired) electrons. The number of carbonyl (C=O) groups is 1. The van der Waals surface area contributed by atoms with Crippen LogP contribution in [0.1, 0.15) is 22.8 Å². The van der Waals surface area contributed by atoms with Crippen LogP contribution in [0, 0.1) is 0 Å². The van der Waals surface area contributed by atoms with E-state index in [0.717, 1.165) is 48.8 Å². The third-order valence-electron chi connectivity index (χ3n) is 5.19. The fourth-order valence-electron chi connectivity index (χ4n) is 3.72. The largest absolute Gasteiger partial charge is 0.345 e. The van der Waals surface area contributed by atoms with E-state index in [0.29, 0.717) is 12.1 Å². The maximum atomic E-state index is 13.1. The van der Waals surface area contributed by atoms with Crippen LogP contribution in [0.15, 0.2) is 48.8 Å². The van der Waals surface area contributed by atoms with Gasteiger partial charge in [0.15, 0.2) is 0 Å². The van der Waals surface area contributed by atoms with Crippen molar-refractivity contribution in [1.29, 1.82) is 0 Å². The number of hydrazine groups is 1. The van der Waals surface area contributed by atoms with Gasteiger partial charge in [-0.1, -0.05) is 23.7 Å². The molecule has 2 aromatic carbocycles. The Morgan fingerprint density at radius 1 is 1.18 bits per heavy atom. The van der Waals surface area contributed by atoms with Gasteiger partial charge in [-0.05, 0) is 42.8 Å². The van der Waals surface area contributed by atoms with Crippen LogP contribution in [0.3, 0.4) is 0 Å². The molecular formula is C21H24ClN5O. The highest BCUT2D eigenvalue weighted by molar-refractivity contribution is 6.30. The Balaban J connectivity index is 1.39. The molecule has 1 saturated heterocycles. The molecule has 0 bridgehead atoms. The predicted octanol–water partition coefficient (Wildman–Crippen LogP) is 3.41. The van der Waals surface area contributed by atoms with Crippen LogP contribution >= 0.6 is 11.6 Å². The zero-order chi connectivity index (χ0) is 19.5. The van der Waals surface area contributed by atoms with Gasteiger partial charge in [-0.2, -0.15) is 0 Å². The first kappa shape index (κ1) is 18.9. The molecular weight excluding hydrogens is 374 g/mol. The summed E-state index contributed by atoms with van der Waals surface area (Å²) in [6, 6.07) is 13.6. The second-order valence-electron chi connectivity index (χ2n) is 7.02. The lowest BCUT2D eigenvalue weighted by atomic mass is 10.2. The van der Waals surface area contributed by atoms with Gasteiger partial charge in [0.05, 0.1) is 17.4 Å². The van der Waals surface area contributed by atoms with Crippen molar-refractivity contribution in [2.75, 3.05) is 32.7 Å². The lowest BCUT2D eigenvalue weighted by molar-refractivity contribution is -0.0360. The molecule has 1 amide bonds. The van der Waals surface area contributed by atoms with E-state index in [1.165, 1.54) is 5.56 Å². The minimum absolute atomic E-state index is 0.0299. The van der Waals surface area contributed by atoms with Gasteiger partial charge in [-0.3, -0.25) is 14.7 Å². The number of rotatable bonds is 5. The van der Waals surface area contributed by atoms with Crippen molar-refractivity contribution < 1.29 is 4.79 Å². The smallest absolute Gasteiger partial charge is 0.268 e. The van der Waals surface area contributed by atoms with Crippen LogP contribution < -0.4 is 0 Å². The molecule has 0 spiro atoms. The molecule has 0 saturated carbocycles. The zero-order valence-corrected chi connectivity index (χ0v) is 16.7. The summed E-state index contributed by atoms with van der Waals surface area (Å²) < 4.78 is 0. The molecule has 4 rings (SSSR count). The van der Waals surface area contributed by atoms with Crippen molar-refractivity contribution in [3.05, 3.63) is 64.9 Å². The van der Waals surface area contributed by atoms with E-state index in [4.69, 9.17) is 11.6 Å². The Kier molecular flexibility index (Phi) is 5.62. The average Bonchev–Trinajstić information content (AvgIpc) is 3.17. The second-order valence-corrected chi connectivity index (χ2v) is 7.45. The van der Waals surface area contributed by atoms with E-state index >= 15 is 0 Å². The Hall–Kier alpha value is -2.41. The number of fused-ring (bicyclic) bond motifs is 1. The van der Waals surface area contributed by atoms with Crippen molar-refractivity contribution in [3.63, 3.8) is 0 Å². The van der Waals surface area contributed by atoms with Gasteiger partial charge in [0, 0.05) is 49.9 Å². The van der Waals surface area contributed by atoms with Gasteiger partial charge in [-0.25, -0.2) is 9.99 Å². The lowest BCUT2D eigenvalue weighted by Crippen LogP contribution is -2.55. The van der Waals surface area contributed by atoms with Crippen LogP contribution in [0.2, 0.25) is 5.02 Å². The Labute approximate surface area is 169 Å². The monoisotopic (exact) mass is 397 g/mol. The summed E-state index contributed by atoms with van der Waals surface area (Å²) in [7, 11) is 0. The highest BCUT2D eigenvalue weighted by atomic mass is 35.5. The van der Waals surface area contributed by atoms with Gasteiger partial charge in [0.1, 0.15) is 0 Å². The molecule has 3 aromatic rings. The van der Waals surface area contributed by atoms with Gasteiger partial charge in [0.25, 0.3) is 5.91 Å². The third kappa shape index (κ3) is 4.04. The van der Waals surface area contributed by atoms with Crippen LogP contribution in [0.5, 0.6) is 0 Å². The maximum Gasteiger partial charge on any atom is 0.268 e. The fraction of sp³-hybridized carbons (Fsp3) is 0.333. The number of piperazine rings is 1. The number of nitrogens with one attached hydrogen (secondary N) is 1. The van der Waals surface area contributed by atoms with Gasteiger partial charge < -0.3 is 4.98 Å². The third-order valence-corrected chi connectivity index (χ3v) is 5.42. The minimum atomic E-state index is 0.0299. The van der Waals surface area contributed by atoms with E-state index < -0.39 is 0 Å².